The van der Waals surface area contributed by atoms with Crippen molar-refractivity contribution >= 4 is 27.9 Å². The quantitative estimate of drug-likeness (QED) is 0.586. The van der Waals surface area contributed by atoms with Crippen LogP contribution in [0, 0.1) is 0 Å². The van der Waals surface area contributed by atoms with Crippen LogP contribution in [0.25, 0.3) is 11.3 Å². The summed E-state index contributed by atoms with van der Waals surface area (Å²) < 4.78 is 0. The molecule has 122 valence electrons. The van der Waals surface area contributed by atoms with Crippen LogP contribution in [0.15, 0.2) is 53.9 Å². The van der Waals surface area contributed by atoms with Crippen LogP contribution < -0.4 is 5.32 Å². The van der Waals surface area contributed by atoms with Crippen molar-refractivity contribution in [1.82, 2.24) is 4.98 Å². The normalized spacial score (nSPS) is 10.6. The molecule has 0 fully saturated rings. The van der Waals surface area contributed by atoms with E-state index in [2.05, 4.69) is 46.9 Å². The lowest BCUT2D eigenvalue weighted by Crippen LogP contribution is -1.93. The zero-order chi connectivity index (χ0) is 16.9. The number of aromatic nitrogens is 1. The summed E-state index contributed by atoms with van der Waals surface area (Å²) in [5, 5.41) is 6.19. The summed E-state index contributed by atoms with van der Waals surface area (Å²) >= 11 is 1.58. The maximum atomic E-state index is 11.3. The first-order valence-corrected chi connectivity index (χ1v) is 8.96. The van der Waals surface area contributed by atoms with Gasteiger partial charge in [-0.1, -0.05) is 37.6 Å². The van der Waals surface area contributed by atoms with Gasteiger partial charge >= 0.3 is 0 Å². The minimum Gasteiger partial charge on any atom is -0.332 e. The highest BCUT2D eigenvalue weighted by atomic mass is 32.1. The maximum Gasteiger partial charge on any atom is 0.187 e. The summed E-state index contributed by atoms with van der Waals surface area (Å²) in [5.41, 5.74) is 5.11. The number of aryl methyl sites for hydroxylation is 1. The van der Waals surface area contributed by atoms with Crippen molar-refractivity contribution in [3.05, 3.63) is 65.0 Å². The van der Waals surface area contributed by atoms with Gasteiger partial charge in [0.15, 0.2) is 10.9 Å². The molecule has 1 aromatic heterocycles. The number of ketones is 1. The molecule has 0 atom stereocenters. The van der Waals surface area contributed by atoms with Gasteiger partial charge in [-0.25, -0.2) is 4.98 Å². The van der Waals surface area contributed by atoms with E-state index in [4.69, 9.17) is 0 Å². The Bertz CT molecular complexity index is 820. The first-order chi connectivity index (χ1) is 11.7. The van der Waals surface area contributed by atoms with Gasteiger partial charge in [-0.2, -0.15) is 0 Å². The molecular formula is C20H20N2OS. The highest BCUT2D eigenvalue weighted by molar-refractivity contribution is 7.14. The van der Waals surface area contributed by atoms with E-state index in [0.29, 0.717) is 5.56 Å². The van der Waals surface area contributed by atoms with E-state index in [1.165, 1.54) is 5.56 Å². The SMILES string of the molecule is CCCc1ccc(-c2csc(Nc3ccc(C(C)=O)cc3)n2)cc1. The fourth-order valence-electron chi connectivity index (χ4n) is 2.51. The Morgan fingerprint density at radius 3 is 2.42 bits per heavy atom. The van der Waals surface area contributed by atoms with E-state index in [9.17, 15) is 4.79 Å². The third-order valence-electron chi connectivity index (χ3n) is 3.84. The molecule has 3 nitrogen and oxygen atoms in total. The molecule has 2 aromatic carbocycles. The van der Waals surface area contributed by atoms with Crippen molar-refractivity contribution in [3.63, 3.8) is 0 Å². The number of hydrogen-bond donors (Lipinski definition) is 1. The van der Waals surface area contributed by atoms with Crippen LogP contribution in [-0.4, -0.2) is 10.8 Å². The van der Waals surface area contributed by atoms with Crippen molar-refractivity contribution < 1.29 is 4.79 Å². The molecular weight excluding hydrogens is 316 g/mol. The van der Waals surface area contributed by atoms with Crippen molar-refractivity contribution in [2.75, 3.05) is 5.32 Å². The Morgan fingerprint density at radius 1 is 1.08 bits per heavy atom. The number of carbonyl (C=O) groups is 1. The Hall–Kier alpha value is -2.46. The number of carbonyl (C=O) groups excluding carboxylic acids is 1. The lowest BCUT2D eigenvalue weighted by Gasteiger charge is -2.03. The lowest BCUT2D eigenvalue weighted by molar-refractivity contribution is 0.101. The van der Waals surface area contributed by atoms with Crippen LogP contribution >= 0.6 is 11.3 Å². The molecule has 3 rings (SSSR count). The summed E-state index contributed by atoms with van der Waals surface area (Å²) in [4.78, 5) is 16.0. The van der Waals surface area contributed by atoms with Crippen molar-refractivity contribution in [2.45, 2.75) is 26.7 Å². The molecule has 3 aromatic rings. The van der Waals surface area contributed by atoms with Gasteiger partial charge in [-0.3, -0.25) is 4.79 Å². The Morgan fingerprint density at radius 2 is 1.79 bits per heavy atom. The molecule has 1 N–H and O–H groups in total. The van der Waals surface area contributed by atoms with Crippen LogP contribution in [0.5, 0.6) is 0 Å². The number of hydrogen-bond acceptors (Lipinski definition) is 4. The Labute approximate surface area is 146 Å². The third-order valence-corrected chi connectivity index (χ3v) is 4.59. The molecule has 0 radical (unpaired) electrons. The minimum absolute atomic E-state index is 0.0737. The summed E-state index contributed by atoms with van der Waals surface area (Å²) in [7, 11) is 0. The summed E-state index contributed by atoms with van der Waals surface area (Å²) in [6.07, 6.45) is 2.27. The molecule has 0 aliphatic carbocycles. The van der Waals surface area contributed by atoms with Crippen LogP contribution in [0.2, 0.25) is 0 Å². The van der Waals surface area contributed by atoms with Gasteiger partial charge in [0.1, 0.15) is 0 Å². The predicted molar refractivity (Wildman–Crippen MR) is 101 cm³/mol. The highest BCUT2D eigenvalue weighted by Gasteiger charge is 2.06. The molecule has 0 amide bonds. The van der Waals surface area contributed by atoms with Crippen molar-refractivity contribution in [2.24, 2.45) is 0 Å². The fourth-order valence-corrected chi connectivity index (χ4v) is 3.25. The smallest absolute Gasteiger partial charge is 0.187 e. The van der Waals surface area contributed by atoms with E-state index in [0.717, 1.165) is 34.9 Å². The zero-order valence-electron chi connectivity index (χ0n) is 13.9. The van der Waals surface area contributed by atoms with E-state index in [1.54, 1.807) is 18.3 Å². The second kappa shape index (κ2) is 7.41. The monoisotopic (exact) mass is 336 g/mol. The van der Waals surface area contributed by atoms with Gasteiger partial charge in [-0.15, -0.1) is 11.3 Å². The molecule has 0 aliphatic rings. The first-order valence-electron chi connectivity index (χ1n) is 8.08. The fraction of sp³-hybridized carbons (Fsp3) is 0.200. The van der Waals surface area contributed by atoms with Gasteiger partial charge in [0.05, 0.1) is 5.69 Å². The van der Waals surface area contributed by atoms with E-state index < -0.39 is 0 Å². The summed E-state index contributed by atoms with van der Waals surface area (Å²) in [5.74, 6) is 0.0737. The van der Waals surface area contributed by atoms with Gasteiger partial charge in [0.25, 0.3) is 0 Å². The Balaban J connectivity index is 1.72. The molecule has 0 saturated carbocycles. The summed E-state index contributed by atoms with van der Waals surface area (Å²) in [6.45, 7) is 3.76. The average molecular weight is 336 g/mol. The van der Waals surface area contributed by atoms with Gasteiger partial charge in [-0.05, 0) is 43.2 Å². The lowest BCUT2D eigenvalue weighted by atomic mass is 10.1. The van der Waals surface area contributed by atoms with Crippen LogP contribution in [0.4, 0.5) is 10.8 Å². The van der Waals surface area contributed by atoms with Crippen molar-refractivity contribution in [3.8, 4) is 11.3 Å². The van der Waals surface area contributed by atoms with Gasteiger partial charge in [0.2, 0.25) is 0 Å². The number of rotatable bonds is 6. The average Bonchev–Trinajstić information content (AvgIpc) is 3.05. The highest BCUT2D eigenvalue weighted by Crippen LogP contribution is 2.27. The number of anilines is 2. The number of benzene rings is 2. The minimum atomic E-state index is 0.0737. The molecule has 0 spiro atoms. The van der Waals surface area contributed by atoms with Crippen LogP contribution in [0.3, 0.4) is 0 Å². The van der Waals surface area contributed by atoms with Crippen LogP contribution in [-0.2, 0) is 6.42 Å². The predicted octanol–water partition coefficient (Wildman–Crippen LogP) is 5.71. The standard InChI is InChI=1S/C20H20N2OS/c1-3-4-15-5-7-17(8-6-15)19-13-24-20(22-19)21-18-11-9-16(10-12-18)14(2)23/h5-13H,3-4H2,1-2H3,(H,21,22). The van der Waals surface area contributed by atoms with E-state index in [1.807, 2.05) is 24.3 Å². The number of nitrogens with one attached hydrogen (secondary N) is 1. The second-order valence-corrected chi connectivity index (χ2v) is 6.60. The second-order valence-electron chi connectivity index (χ2n) is 5.74. The molecule has 0 bridgehead atoms. The number of thiazole rings is 1. The summed E-state index contributed by atoms with van der Waals surface area (Å²) in [6, 6.07) is 16.1. The third kappa shape index (κ3) is 3.89. The van der Waals surface area contributed by atoms with Gasteiger partial charge < -0.3 is 5.32 Å². The topological polar surface area (TPSA) is 42.0 Å². The van der Waals surface area contributed by atoms with Crippen molar-refractivity contribution in [1.29, 1.82) is 0 Å². The zero-order valence-corrected chi connectivity index (χ0v) is 14.7. The first kappa shape index (κ1) is 16.4. The van der Waals surface area contributed by atoms with Crippen LogP contribution in [0.1, 0.15) is 36.2 Å². The molecule has 0 saturated heterocycles. The molecule has 24 heavy (non-hydrogen) atoms. The number of nitrogens with zero attached hydrogens (tertiary/aromatic N) is 1. The molecule has 1 heterocycles. The van der Waals surface area contributed by atoms with Gasteiger partial charge in [0, 0.05) is 22.2 Å². The molecule has 0 unspecified atom stereocenters. The maximum absolute atomic E-state index is 11.3. The molecule has 4 heteroatoms. The Kier molecular flexibility index (Phi) is 5.06. The largest absolute Gasteiger partial charge is 0.332 e. The van der Waals surface area contributed by atoms with E-state index in [-0.39, 0.29) is 5.78 Å². The number of Topliss-reactive ketones (excluding diaryl/α,β-unsaturated/α-hetero) is 1. The molecule has 0 aliphatic heterocycles. The van der Waals surface area contributed by atoms with E-state index >= 15 is 0 Å².